The normalized spacial score (nSPS) is 13.4. The van der Waals surface area contributed by atoms with Crippen molar-refractivity contribution in [3.05, 3.63) is 29.8 Å². The van der Waals surface area contributed by atoms with E-state index in [1.807, 2.05) is 38.1 Å². The van der Waals surface area contributed by atoms with Crippen LogP contribution in [0.15, 0.2) is 24.3 Å². The summed E-state index contributed by atoms with van der Waals surface area (Å²) in [6, 6.07) is 7.23. The molecule has 0 spiro atoms. The Balaban J connectivity index is 2.65. The molecule has 1 aromatic rings. The molecule has 0 aromatic heterocycles. The lowest BCUT2D eigenvalue weighted by Crippen LogP contribution is -2.25. The van der Waals surface area contributed by atoms with Crippen LogP contribution in [0, 0.1) is 5.41 Å². The highest BCUT2D eigenvalue weighted by molar-refractivity contribution is 5.29. The van der Waals surface area contributed by atoms with Gasteiger partial charge < -0.3 is 19.7 Å². The second kappa shape index (κ2) is 6.73. The molecule has 0 aliphatic carbocycles. The number of benzene rings is 1. The molecule has 0 amide bonds. The van der Waals surface area contributed by atoms with Gasteiger partial charge in [0.1, 0.15) is 12.4 Å². The van der Waals surface area contributed by atoms with Crippen LogP contribution >= 0.6 is 0 Å². The largest absolute Gasteiger partial charge is 0.491 e. The third-order valence-corrected chi connectivity index (χ3v) is 2.90. The van der Waals surface area contributed by atoms with Crippen molar-refractivity contribution in [2.45, 2.75) is 20.0 Å². The van der Waals surface area contributed by atoms with Gasteiger partial charge in [-0.25, -0.2) is 0 Å². The fourth-order valence-electron chi connectivity index (χ4n) is 1.53. The van der Waals surface area contributed by atoms with Crippen LogP contribution in [0.5, 0.6) is 5.75 Å². The van der Waals surface area contributed by atoms with Crippen molar-refractivity contribution < 1.29 is 19.7 Å². The molecule has 0 heterocycles. The van der Waals surface area contributed by atoms with E-state index in [1.165, 1.54) is 0 Å². The van der Waals surface area contributed by atoms with Crippen molar-refractivity contribution in [1.29, 1.82) is 0 Å². The molecule has 0 aliphatic heterocycles. The minimum atomic E-state index is -0.699. The summed E-state index contributed by atoms with van der Waals surface area (Å²) < 4.78 is 10.3. The van der Waals surface area contributed by atoms with Crippen LogP contribution in [0.25, 0.3) is 0 Å². The first-order valence-electron chi connectivity index (χ1n) is 6.02. The molecule has 18 heavy (non-hydrogen) atoms. The molecule has 4 nitrogen and oxygen atoms in total. The van der Waals surface area contributed by atoms with Gasteiger partial charge in [0.05, 0.1) is 19.3 Å². The Bertz CT molecular complexity index is 345. The molecule has 1 aromatic carbocycles. The van der Waals surface area contributed by atoms with Crippen molar-refractivity contribution in [2.75, 3.05) is 26.9 Å². The lowest BCUT2D eigenvalue weighted by molar-refractivity contribution is 0.00635. The van der Waals surface area contributed by atoms with Gasteiger partial charge in [-0.3, -0.25) is 0 Å². The van der Waals surface area contributed by atoms with Gasteiger partial charge in [-0.05, 0) is 17.7 Å². The van der Waals surface area contributed by atoms with Gasteiger partial charge in [-0.1, -0.05) is 26.0 Å². The Morgan fingerprint density at radius 1 is 1.17 bits per heavy atom. The number of hydrogen-bond donors (Lipinski definition) is 2. The molecule has 1 rings (SSSR count). The average Bonchev–Trinajstić information content (AvgIpc) is 2.39. The standard InChI is InChI=1S/C14H22O4/c1-14(2,10-15)13(16)11-4-6-12(7-5-11)18-9-8-17-3/h4-7,13,15-16H,8-10H2,1-3H3. The van der Waals surface area contributed by atoms with Crippen LogP contribution in [-0.2, 0) is 4.74 Å². The second-order valence-electron chi connectivity index (χ2n) is 4.96. The molecule has 0 saturated carbocycles. The minimum Gasteiger partial charge on any atom is -0.491 e. The number of hydrogen-bond acceptors (Lipinski definition) is 4. The smallest absolute Gasteiger partial charge is 0.119 e. The highest BCUT2D eigenvalue weighted by Gasteiger charge is 2.28. The summed E-state index contributed by atoms with van der Waals surface area (Å²) in [4.78, 5) is 0. The van der Waals surface area contributed by atoms with Gasteiger partial charge in [0.25, 0.3) is 0 Å². The lowest BCUT2D eigenvalue weighted by atomic mass is 9.83. The predicted octanol–water partition coefficient (Wildman–Crippen LogP) is 1.76. The monoisotopic (exact) mass is 254 g/mol. The first-order chi connectivity index (χ1) is 8.51. The van der Waals surface area contributed by atoms with Gasteiger partial charge in [-0.2, -0.15) is 0 Å². The summed E-state index contributed by atoms with van der Waals surface area (Å²) in [5.74, 6) is 0.741. The molecule has 0 fully saturated rings. The fourth-order valence-corrected chi connectivity index (χ4v) is 1.53. The Kier molecular flexibility index (Phi) is 5.59. The van der Waals surface area contributed by atoms with E-state index in [0.717, 1.165) is 11.3 Å². The SMILES string of the molecule is COCCOc1ccc(C(O)C(C)(C)CO)cc1. The Morgan fingerprint density at radius 2 is 1.78 bits per heavy atom. The first-order valence-corrected chi connectivity index (χ1v) is 6.02. The van der Waals surface area contributed by atoms with E-state index in [0.29, 0.717) is 13.2 Å². The average molecular weight is 254 g/mol. The summed E-state index contributed by atoms with van der Waals surface area (Å²) >= 11 is 0. The van der Waals surface area contributed by atoms with Crippen molar-refractivity contribution in [2.24, 2.45) is 5.41 Å². The van der Waals surface area contributed by atoms with Gasteiger partial charge in [0.15, 0.2) is 0 Å². The highest BCUT2D eigenvalue weighted by Crippen LogP contribution is 2.33. The molecular weight excluding hydrogens is 232 g/mol. The molecule has 0 aliphatic rings. The van der Waals surface area contributed by atoms with Crippen LogP contribution in [0.1, 0.15) is 25.5 Å². The third-order valence-electron chi connectivity index (χ3n) is 2.90. The maximum Gasteiger partial charge on any atom is 0.119 e. The maximum absolute atomic E-state index is 10.1. The highest BCUT2D eigenvalue weighted by atomic mass is 16.5. The van der Waals surface area contributed by atoms with Gasteiger partial charge in [0.2, 0.25) is 0 Å². The summed E-state index contributed by atoms with van der Waals surface area (Å²) in [5, 5.41) is 19.4. The molecule has 4 heteroatoms. The number of aliphatic hydroxyl groups is 2. The maximum atomic E-state index is 10.1. The van der Waals surface area contributed by atoms with E-state index in [-0.39, 0.29) is 6.61 Å². The van der Waals surface area contributed by atoms with E-state index in [2.05, 4.69) is 0 Å². The van der Waals surface area contributed by atoms with Crippen molar-refractivity contribution in [3.8, 4) is 5.75 Å². The summed E-state index contributed by atoms with van der Waals surface area (Å²) in [5.41, 5.74) is 0.214. The zero-order valence-corrected chi connectivity index (χ0v) is 11.2. The van der Waals surface area contributed by atoms with E-state index >= 15 is 0 Å². The van der Waals surface area contributed by atoms with E-state index in [4.69, 9.17) is 9.47 Å². The van der Waals surface area contributed by atoms with Gasteiger partial charge in [-0.15, -0.1) is 0 Å². The van der Waals surface area contributed by atoms with Crippen LogP contribution in [-0.4, -0.2) is 37.1 Å². The first kappa shape index (κ1) is 15.0. The topological polar surface area (TPSA) is 58.9 Å². The molecule has 102 valence electrons. The van der Waals surface area contributed by atoms with E-state index in [1.54, 1.807) is 7.11 Å². The fraction of sp³-hybridized carbons (Fsp3) is 0.571. The summed E-state index contributed by atoms with van der Waals surface area (Å²) in [7, 11) is 1.62. The molecule has 1 unspecified atom stereocenters. The predicted molar refractivity (Wildman–Crippen MR) is 69.6 cm³/mol. The zero-order valence-electron chi connectivity index (χ0n) is 11.2. The second-order valence-corrected chi connectivity index (χ2v) is 4.96. The Morgan fingerprint density at radius 3 is 2.28 bits per heavy atom. The number of ether oxygens (including phenoxy) is 2. The summed E-state index contributed by atoms with van der Waals surface area (Å²) in [6.45, 7) is 4.62. The minimum absolute atomic E-state index is 0.0692. The molecule has 1 atom stereocenters. The van der Waals surface area contributed by atoms with Gasteiger partial charge in [0, 0.05) is 12.5 Å². The van der Waals surface area contributed by atoms with Crippen LogP contribution in [0.2, 0.25) is 0 Å². The number of methoxy groups -OCH3 is 1. The van der Waals surface area contributed by atoms with Crippen molar-refractivity contribution >= 4 is 0 Å². The Hall–Kier alpha value is -1.10. The van der Waals surface area contributed by atoms with Crippen molar-refractivity contribution in [3.63, 3.8) is 0 Å². The molecular formula is C14H22O4. The quantitative estimate of drug-likeness (QED) is 0.728. The molecule has 0 radical (unpaired) electrons. The number of aliphatic hydroxyl groups excluding tert-OH is 2. The lowest BCUT2D eigenvalue weighted by Gasteiger charge is -2.28. The van der Waals surface area contributed by atoms with Crippen molar-refractivity contribution in [1.82, 2.24) is 0 Å². The third kappa shape index (κ3) is 3.98. The number of rotatable bonds is 7. The van der Waals surface area contributed by atoms with E-state index < -0.39 is 11.5 Å². The summed E-state index contributed by atoms with van der Waals surface area (Å²) in [6.07, 6.45) is -0.699. The van der Waals surface area contributed by atoms with Gasteiger partial charge >= 0.3 is 0 Å². The van der Waals surface area contributed by atoms with Crippen LogP contribution in [0.4, 0.5) is 0 Å². The Labute approximate surface area is 108 Å². The molecule has 0 saturated heterocycles. The molecule has 0 bridgehead atoms. The molecule has 2 N–H and O–H groups in total. The zero-order chi connectivity index (χ0) is 13.6. The van der Waals surface area contributed by atoms with Crippen LogP contribution < -0.4 is 4.74 Å². The van der Waals surface area contributed by atoms with E-state index in [9.17, 15) is 10.2 Å². The van der Waals surface area contributed by atoms with Crippen LogP contribution in [0.3, 0.4) is 0 Å².